The van der Waals surface area contributed by atoms with E-state index >= 15 is 0 Å². The number of hydrogen-bond acceptors (Lipinski definition) is 4. The van der Waals surface area contributed by atoms with E-state index in [0.29, 0.717) is 12.1 Å². The van der Waals surface area contributed by atoms with Crippen molar-refractivity contribution in [3.05, 3.63) is 53.9 Å². The molecule has 0 N–H and O–H groups in total. The first-order chi connectivity index (χ1) is 10.4. The number of rotatable bonds is 3. The Labute approximate surface area is 123 Å². The number of imidazole rings is 1. The maximum Gasteiger partial charge on any atom is 0.471 e. The molecule has 1 aromatic carbocycles. The van der Waals surface area contributed by atoms with Gasteiger partial charge in [-0.15, -0.1) is 0 Å². The maximum absolute atomic E-state index is 12.4. The van der Waals surface area contributed by atoms with Crippen LogP contribution in [-0.2, 0) is 12.7 Å². The first-order valence-corrected chi connectivity index (χ1v) is 6.41. The summed E-state index contributed by atoms with van der Waals surface area (Å²) < 4.78 is 43.5. The minimum atomic E-state index is -4.63. The summed E-state index contributed by atoms with van der Waals surface area (Å²) in [5.74, 6) is -0.546. The number of aromatic nitrogens is 4. The standard InChI is InChI=1S/C14H11F3N4O/c1-9-18-6-7-21(9)8-10-2-4-11(5-3-10)12-19-13(22-20-12)14(15,16)17/h2-7H,8H2,1H3. The lowest BCUT2D eigenvalue weighted by molar-refractivity contribution is -0.159. The van der Waals surface area contributed by atoms with Crippen molar-refractivity contribution in [2.24, 2.45) is 0 Å². The van der Waals surface area contributed by atoms with Crippen LogP contribution in [0.3, 0.4) is 0 Å². The van der Waals surface area contributed by atoms with E-state index in [2.05, 4.69) is 19.6 Å². The van der Waals surface area contributed by atoms with Gasteiger partial charge in [-0.1, -0.05) is 29.4 Å². The molecule has 0 saturated heterocycles. The minimum absolute atomic E-state index is 0.0855. The second-order valence-electron chi connectivity index (χ2n) is 4.72. The van der Waals surface area contributed by atoms with Gasteiger partial charge in [-0.25, -0.2) is 4.98 Å². The molecule has 0 amide bonds. The fourth-order valence-corrected chi connectivity index (χ4v) is 1.98. The first kappa shape index (κ1) is 14.3. The molecular formula is C14H11F3N4O. The highest BCUT2D eigenvalue weighted by molar-refractivity contribution is 5.54. The molecule has 3 rings (SSSR count). The van der Waals surface area contributed by atoms with E-state index in [1.807, 2.05) is 17.7 Å². The van der Waals surface area contributed by atoms with Gasteiger partial charge in [0.2, 0.25) is 5.82 Å². The fraction of sp³-hybridized carbons (Fsp3) is 0.214. The Balaban J connectivity index is 1.79. The molecular weight excluding hydrogens is 297 g/mol. The van der Waals surface area contributed by atoms with Crippen LogP contribution in [0.15, 0.2) is 41.2 Å². The highest BCUT2D eigenvalue weighted by Crippen LogP contribution is 2.29. The Hall–Kier alpha value is -2.64. The van der Waals surface area contributed by atoms with Gasteiger partial charge in [0.15, 0.2) is 0 Å². The quantitative estimate of drug-likeness (QED) is 0.745. The third-order valence-electron chi connectivity index (χ3n) is 3.16. The van der Waals surface area contributed by atoms with Gasteiger partial charge in [0.1, 0.15) is 5.82 Å². The topological polar surface area (TPSA) is 56.7 Å². The predicted molar refractivity (Wildman–Crippen MR) is 70.8 cm³/mol. The van der Waals surface area contributed by atoms with Gasteiger partial charge in [-0.05, 0) is 12.5 Å². The average Bonchev–Trinajstić information content (AvgIpc) is 3.09. The van der Waals surface area contributed by atoms with E-state index in [1.54, 1.807) is 30.5 Å². The predicted octanol–water partition coefficient (Wildman–Crippen LogP) is 3.31. The molecule has 5 nitrogen and oxygen atoms in total. The number of alkyl halides is 3. The molecule has 22 heavy (non-hydrogen) atoms. The van der Waals surface area contributed by atoms with Crippen molar-refractivity contribution in [2.75, 3.05) is 0 Å². The van der Waals surface area contributed by atoms with E-state index < -0.39 is 12.1 Å². The van der Waals surface area contributed by atoms with Crippen molar-refractivity contribution < 1.29 is 17.7 Å². The Bertz CT molecular complexity index is 774. The summed E-state index contributed by atoms with van der Waals surface area (Å²) in [5, 5.41) is 3.35. The zero-order valence-corrected chi connectivity index (χ0v) is 11.5. The zero-order chi connectivity index (χ0) is 15.7. The van der Waals surface area contributed by atoms with Crippen molar-refractivity contribution >= 4 is 0 Å². The summed E-state index contributed by atoms with van der Waals surface area (Å²) in [6.45, 7) is 2.53. The van der Waals surface area contributed by atoms with E-state index in [9.17, 15) is 13.2 Å². The van der Waals surface area contributed by atoms with Crippen molar-refractivity contribution in [3.8, 4) is 11.4 Å². The fourth-order valence-electron chi connectivity index (χ4n) is 1.98. The van der Waals surface area contributed by atoms with Crippen LogP contribution in [0, 0.1) is 6.92 Å². The molecule has 8 heteroatoms. The molecule has 0 bridgehead atoms. The van der Waals surface area contributed by atoms with Crippen molar-refractivity contribution in [1.29, 1.82) is 0 Å². The summed E-state index contributed by atoms with van der Waals surface area (Å²) in [6.07, 6.45) is -1.07. The monoisotopic (exact) mass is 308 g/mol. The van der Waals surface area contributed by atoms with Crippen LogP contribution in [0.4, 0.5) is 13.2 Å². The Morgan fingerprint density at radius 1 is 1.18 bits per heavy atom. The van der Waals surface area contributed by atoms with Gasteiger partial charge >= 0.3 is 12.1 Å². The second-order valence-corrected chi connectivity index (χ2v) is 4.72. The maximum atomic E-state index is 12.4. The van der Waals surface area contributed by atoms with Gasteiger partial charge < -0.3 is 9.09 Å². The summed E-state index contributed by atoms with van der Waals surface area (Å²) in [7, 11) is 0. The lowest BCUT2D eigenvalue weighted by atomic mass is 10.1. The molecule has 114 valence electrons. The summed E-state index contributed by atoms with van der Waals surface area (Å²) in [6, 6.07) is 6.93. The van der Waals surface area contributed by atoms with E-state index in [0.717, 1.165) is 11.4 Å². The van der Waals surface area contributed by atoms with Gasteiger partial charge in [-0.3, -0.25) is 0 Å². The summed E-state index contributed by atoms with van der Waals surface area (Å²) in [4.78, 5) is 7.48. The van der Waals surface area contributed by atoms with Crippen LogP contribution in [0.2, 0.25) is 0 Å². The van der Waals surface area contributed by atoms with Gasteiger partial charge in [-0.2, -0.15) is 18.2 Å². The van der Waals surface area contributed by atoms with Gasteiger partial charge in [0.25, 0.3) is 0 Å². The minimum Gasteiger partial charge on any atom is -0.331 e. The molecule has 2 aromatic heterocycles. The van der Waals surface area contributed by atoms with Crippen LogP contribution < -0.4 is 0 Å². The molecule has 3 aromatic rings. The van der Waals surface area contributed by atoms with Crippen molar-refractivity contribution in [3.63, 3.8) is 0 Å². The average molecular weight is 308 g/mol. The highest BCUT2D eigenvalue weighted by Gasteiger charge is 2.38. The molecule has 0 atom stereocenters. The number of halogens is 3. The Morgan fingerprint density at radius 2 is 1.91 bits per heavy atom. The Kier molecular flexibility index (Phi) is 3.44. The molecule has 0 saturated carbocycles. The lowest BCUT2D eigenvalue weighted by Crippen LogP contribution is -2.04. The van der Waals surface area contributed by atoms with Crippen LogP contribution in [0.25, 0.3) is 11.4 Å². The molecule has 0 aliphatic heterocycles. The lowest BCUT2D eigenvalue weighted by Gasteiger charge is -2.05. The molecule has 2 heterocycles. The third kappa shape index (κ3) is 2.85. The molecule has 0 radical (unpaired) electrons. The molecule has 0 spiro atoms. The zero-order valence-electron chi connectivity index (χ0n) is 11.5. The second kappa shape index (κ2) is 5.28. The van der Waals surface area contributed by atoms with Crippen LogP contribution in [-0.4, -0.2) is 19.7 Å². The summed E-state index contributed by atoms with van der Waals surface area (Å²) >= 11 is 0. The number of benzene rings is 1. The highest BCUT2D eigenvalue weighted by atomic mass is 19.4. The van der Waals surface area contributed by atoms with E-state index in [1.165, 1.54) is 0 Å². The van der Waals surface area contributed by atoms with Crippen molar-refractivity contribution in [2.45, 2.75) is 19.6 Å². The van der Waals surface area contributed by atoms with Crippen LogP contribution >= 0.6 is 0 Å². The number of hydrogen-bond donors (Lipinski definition) is 0. The SMILES string of the molecule is Cc1nccn1Cc1ccc(-c2noc(C(F)(F)F)n2)cc1. The third-order valence-corrected chi connectivity index (χ3v) is 3.16. The summed E-state index contributed by atoms with van der Waals surface area (Å²) in [5.41, 5.74) is 1.45. The number of nitrogens with zero attached hydrogens (tertiary/aromatic N) is 4. The van der Waals surface area contributed by atoms with Crippen LogP contribution in [0.1, 0.15) is 17.3 Å². The van der Waals surface area contributed by atoms with Gasteiger partial charge in [0.05, 0.1) is 0 Å². The molecule has 0 aliphatic rings. The molecule has 0 aliphatic carbocycles. The largest absolute Gasteiger partial charge is 0.471 e. The Morgan fingerprint density at radius 3 is 2.45 bits per heavy atom. The van der Waals surface area contributed by atoms with Crippen LogP contribution in [0.5, 0.6) is 0 Å². The van der Waals surface area contributed by atoms with E-state index in [-0.39, 0.29) is 5.82 Å². The number of aryl methyl sites for hydroxylation is 1. The van der Waals surface area contributed by atoms with Crippen molar-refractivity contribution in [1.82, 2.24) is 19.7 Å². The van der Waals surface area contributed by atoms with E-state index in [4.69, 9.17) is 0 Å². The smallest absolute Gasteiger partial charge is 0.331 e. The van der Waals surface area contributed by atoms with Gasteiger partial charge in [0, 0.05) is 24.5 Å². The molecule has 0 fully saturated rings. The first-order valence-electron chi connectivity index (χ1n) is 6.41. The molecule has 0 unspecified atom stereocenters. The normalized spacial score (nSPS) is 11.8.